The fourth-order valence-corrected chi connectivity index (χ4v) is 1.53. The first-order valence-electron chi connectivity index (χ1n) is 6.36. The average molecular weight is 269 g/mol. The van der Waals surface area contributed by atoms with Gasteiger partial charge in [-0.05, 0) is 37.1 Å². The van der Waals surface area contributed by atoms with Crippen molar-refractivity contribution in [2.75, 3.05) is 26.8 Å². The SMILES string of the molecule is CN(CCOc1ccc(F)cc1)C(=O)CCCCO. The number of amides is 1. The van der Waals surface area contributed by atoms with Gasteiger partial charge in [-0.1, -0.05) is 0 Å². The normalized spacial score (nSPS) is 10.3. The average Bonchev–Trinajstić information content (AvgIpc) is 2.41. The van der Waals surface area contributed by atoms with Gasteiger partial charge in [0.05, 0.1) is 6.54 Å². The molecule has 0 fully saturated rings. The van der Waals surface area contributed by atoms with Crippen molar-refractivity contribution >= 4 is 5.91 Å². The van der Waals surface area contributed by atoms with Crippen LogP contribution in [-0.2, 0) is 4.79 Å². The quantitative estimate of drug-likeness (QED) is 0.732. The molecule has 1 aromatic rings. The van der Waals surface area contributed by atoms with Gasteiger partial charge in [-0.2, -0.15) is 0 Å². The minimum absolute atomic E-state index is 0.0381. The fraction of sp³-hybridized carbons (Fsp3) is 0.500. The molecule has 1 aromatic carbocycles. The van der Waals surface area contributed by atoms with E-state index in [1.165, 1.54) is 12.1 Å². The van der Waals surface area contributed by atoms with E-state index < -0.39 is 0 Å². The van der Waals surface area contributed by atoms with Crippen molar-refractivity contribution in [3.05, 3.63) is 30.1 Å². The molecule has 1 rings (SSSR count). The third-order valence-corrected chi connectivity index (χ3v) is 2.73. The van der Waals surface area contributed by atoms with Crippen LogP contribution in [0.25, 0.3) is 0 Å². The predicted octanol–water partition coefficient (Wildman–Crippen LogP) is 1.83. The van der Waals surface area contributed by atoms with E-state index in [1.54, 1.807) is 24.1 Å². The Balaban J connectivity index is 2.20. The molecule has 106 valence electrons. The first kappa shape index (κ1) is 15.4. The highest BCUT2D eigenvalue weighted by atomic mass is 19.1. The Bertz CT molecular complexity index is 381. The van der Waals surface area contributed by atoms with Crippen molar-refractivity contribution in [1.82, 2.24) is 4.90 Å². The molecule has 0 aromatic heterocycles. The zero-order valence-corrected chi connectivity index (χ0v) is 11.1. The number of hydrogen-bond acceptors (Lipinski definition) is 3. The second-order valence-electron chi connectivity index (χ2n) is 4.30. The molecule has 0 spiro atoms. The van der Waals surface area contributed by atoms with Crippen LogP contribution in [0.3, 0.4) is 0 Å². The molecule has 0 saturated carbocycles. The summed E-state index contributed by atoms with van der Waals surface area (Å²) in [4.78, 5) is 13.2. The maximum Gasteiger partial charge on any atom is 0.222 e. The molecule has 4 nitrogen and oxygen atoms in total. The molecule has 0 aliphatic rings. The minimum Gasteiger partial charge on any atom is -0.492 e. The number of rotatable bonds is 8. The molecule has 0 atom stereocenters. The van der Waals surface area contributed by atoms with E-state index in [4.69, 9.17) is 9.84 Å². The van der Waals surface area contributed by atoms with Gasteiger partial charge in [-0.25, -0.2) is 4.39 Å². The van der Waals surface area contributed by atoms with Gasteiger partial charge in [0.25, 0.3) is 0 Å². The van der Waals surface area contributed by atoms with E-state index in [1.807, 2.05) is 0 Å². The minimum atomic E-state index is -0.302. The van der Waals surface area contributed by atoms with Crippen LogP contribution < -0.4 is 4.74 Å². The molecule has 0 aliphatic heterocycles. The van der Waals surface area contributed by atoms with Crippen LogP contribution in [-0.4, -0.2) is 42.7 Å². The highest BCUT2D eigenvalue weighted by molar-refractivity contribution is 5.75. The second-order valence-corrected chi connectivity index (χ2v) is 4.30. The molecular formula is C14H20FNO3. The lowest BCUT2D eigenvalue weighted by atomic mass is 10.2. The number of halogens is 1. The summed E-state index contributed by atoms with van der Waals surface area (Å²) in [6, 6.07) is 5.77. The van der Waals surface area contributed by atoms with Crippen LogP contribution in [0.1, 0.15) is 19.3 Å². The molecular weight excluding hydrogens is 249 g/mol. The number of hydrogen-bond donors (Lipinski definition) is 1. The van der Waals surface area contributed by atoms with Crippen molar-refractivity contribution in [1.29, 1.82) is 0 Å². The van der Waals surface area contributed by atoms with Gasteiger partial charge in [0, 0.05) is 20.1 Å². The Labute approximate surface area is 112 Å². The lowest BCUT2D eigenvalue weighted by Gasteiger charge is -2.17. The summed E-state index contributed by atoms with van der Waals surface area (Å²) in [6.07, 6.45) is 1.78. The molecule has 0 bridgehead atoms. The standard InChI is InChI=1S/C14H20FNO3/c1-16(14(18)4-2-3-10-17)9-11-19-13-7-5-12(15)6-8-13/h5-8,17H,2-4,9-11H2,1H3. The highest BCUT2D eigenvalue weighted by Crippen LogP contribution is 2.10. The van der Waals surface area contributed by atoms with Crippen molar-refractivity contribution in [3.8, 4) is 5.75 Å². The first-order valence-corrected chi connectivity index (χ1v) is 6.36. The van der Waals surface area contributed by atoms with Gasteiger partial charge in [0.1, 0.15) is 18.2 Å². The number of aliphatic hydroxyl groups is 1. The van der Waals surface area contributed by atoms with E-state index >= 15 is 0 Å². The summed E-state index contributed by atoms with van der Waals surface area (Å²) >= 11 is 0. The van der Waals surface area contributed by atoms with E-state index in [0.29, 0.717) is 38.2 Å². The van der Waals surface area contributed by atoms with Crippen LogP contribution >= 0.6 is 0 Å². The van der Waals surface area contributed by atoms with Crippen LogP contribution in [0.5, 0.6) is 5.75 Å². The summed E-state index contributed by atoms with van der Waals surface area (Å²) in [5, 5.41) is 8.63. The van der Waals surface area contributed by atoms with Crippen molar-refractivity contribution in [3.63, 3.8) is 0 Å². The smallest absolute Gasteiger partial charge is 0.222 e. The predicted molar refractivity (Wildman–Crippen MR) is 70.5 cm³/mol. The Morgan fingerprint density at radius 2 is 2.00 bits per heavy atom. The van der Waals surface area contributed by atoms with Crippen LogP contribution in [0.4, 0.5) is 4.39 Å². The number of aliphatic hydroxyl groups excluding tert-OH is 1. The Morgan fingerprint density at radius 1 is 1.32 bits per heavy atom. The summed E-state index contributed by atoms with van der Waals surface area (Å²) < 4.78 is 18.1. The van der Waals surface area contributed by atoms with E-state index in [-0.39, 0.29) is 18.3 Å². The lowest BCUT2D eigenvalue weighted by molar-refractivity contribution is -0.130. The summed E-state index contributed by atoms with van der Waals surface area (Å²) in [5.74, 6) is 0.321. The number of likely N-dealkylation sites (N-methyl/N-ethyl adjacent to an activating group) is 1. The summed E-state index contributed by atoms with van der Waals surface area (Å²) in [6.45, 7) is 0.966. The van der Waals surface area contributed by atoms with Crippen molar-refractivity contribution in [2.45, 2.75) is 19.3 Å². The molecule has 0 heterocycles. The van der Waals surface area contributed by atoms with Gasteiger partial charge >= 0.3 is 0 Å². The van der Waals surface area contributed by atoms with Crippen LogP contribution in [0.15, 0.2) is 24.3 Å². The third-order valence-electron chi connectivity index (χ3n) is 2.73. The Morgan fingerprint density at radius 3 is 2.63 bits per heavy atom. The van der Waals surface area contributed by atoms with Crippen molar-refractivity contribution in [2.24, 2.45) is 0 Å². The van der Waals surface area contributed by atoms with Gasteiger partial charge in [0.2, 0.25) is 5.91 Å². The molecule has 0 aliphatic carbocycles. The van der Waals surface area contributed by atoms with E-state index in [9.17, 15) is 9.18 Å². The lowest BCUT2D eigenvalue weighted by Crippen LogP contribution is -2.30. The van der Waals surface area contributed by atoms with Crippen molar-refractivity contribution < 1.29 is 19.0 Å². The van der Waals surface area contributed by atoms with Crippen LogP contribution in [0.2, 0.25) is 0 Å². The fourth-order valence-electron chi connectivity index (χ4n) is 1.53. The highest BCUT2D eigenvalue weighted by Gasteiger charge is 2.07. The molecule has 5 heteroatoms. The topological polar surface area (TPSA) is 49.8 Å². The number of carbonyl (C=O) groups is 1. The molecule has 0 unspecified atom stereocenters. The maximum absolute atomic E-state index is 12.7. The number of ether oxygens (including phenoxy) is 1. The zero-order chi connectivity index (χ0) is 14.1. The Kier molecular flexibility index (Phi) is 6.89. The molecule has 0 saturated heterocycles. The monoisotopic (exact) mass is 269 g/mol. The number of benzene rings is 1. The summed E-state index contributed by atoms with van der Waals surface area (Å²) in [5.41, 5.74) is 0. The molecule has 1 amide bonds. The zero-order valence-electron chi connectivity index (χ0n) is 11.1. The Hall–Kier alpha value is -1.62. The summed E-state index contributed by atoms with van der Waals surface area (Å²) in [7, 11) is 1.72. The van der Waals surface area contributed by atoms with Gasteiger partial charge in [-0.3, -0.25) is 4.79 Å². The largest absolute Gasteiger partial charge is 0.492 e. The van der Waals surface area contributed by atoms with E-state index in [2.05, 4.69) is 0 Å². The number of nitrogens with zero attached hydrogens (tertiary/aromatic N) is 1. The van der Waals surface area contributed by atoms with Gasteiger partial charge in [0.15, 0.2) is 0 Å². The molecule has 0 radical (unpaired) electrons. The van der Waals surface area contributed by atoms with Gasteiger partial charge < -0.3 is 14.7 Å². The van der Waals surface area contributed by atoms with E-state index in [0.717, 1.165) is 0 Å². The van der Waals surface area contributed by atoms with Gasteiger partial charge in [-0.15, -0.1) is 0 Å². The second kappa shape index (κ2) is 8.48. The van der Waals surface area contributed by atoms with Crippen LogP contribution in [0, 0.1) is 5.82 Å². The molecule has 1 N–H and O–H groups in total. The third kappa shape index (κ3) is 6.20. The number of unbranched alkanes of at least 4 members (excludes halogenated alkanes) is 1. The maximum atomic E-state index is 12.7. The number of carbonyl (C=O) groups excluding carboxylic acids is 1. The molecule has 19 heavy (non-hydrogen) atoms. The first-order chi connectivity index (χ1) is 9.13.